The third-order valence-electron chi connectivity index (χ3n) is 5.49. The van der Waals surface area contributed by atoms with E-state index >= 15 is 0 Å². The van der Waals surface area contributed by atoms with Crippen molar-refractivity contribution in [1.82, 2.24) is 14.5 Å². The zero-order chi connectivity index (χ0) is 14.7. The van der Waals surface area contributed by atoms with Crippen LogP contribution in [0.15, 0.2) is 17.3 Å². The molecule has 21 heavy (non-hydrogen) atoms. The van der Waals surface area contributed by atoms with Crippen molar-refractivity contribution in [1.29, 1.82) is 0 Å². The minimum Gasteiger partial charge on any atom is -0.327 e. The van der Waals surface area contributed by atoms with Gasteiger partial charge in [-0.25, -0.2) is 13.1 Å². The molecule has 0 amide bonds. The van der Waals surface area contributed by atoms with Crippen molar-refractivity contribution in [2.45, 2.75) is 62.2 Å². The van der Waals surface area contributed by atoms with Gasteiger partial charge in [0.15, 0.2) is 5.03 Å². The molecule has 0 aliphatic heterocycles. The van der Waals surface area contributed by atoms with Gasteiger partial charge in [0.1, 0.15) is 0 Å². The summed E-state index contributed by atoms with van der Waals surface area (Å²) in [4.78, 5) is 0. The highest BCUT2D eigenvalue weighted by Crippen LogP contribution is 2.59. The van der Waals surface area contributed by atoms with Gasteiger partial charge >= 0.3 is 0 Å². The molecular formula is C14H22N4O2S. The van der Waals surface area contributed by atoms with Gasteiger partial charge < -0.3 is 5.73 Å². The normalized spacial score (nSPS) is 35.5. The minimum absolute atomic E-state index is 0.0376. The summed E-state index contributed by atoms with van der Waals surface area (Å²) in [6, 6.07) is 1.91. The molecule has 116 valence electrons. The molecule has 1 heterocycles. The zero-order valence-electron chi connectivity index (χ0n) is 12.0. The van der Waals surface area contributed by atoms with Crippen molar-refractivity contribution in [2.24, 2.45) is 17.1 Å². The second kappa shape index (κ2) is 4.54. The van der Waals surface area contributed by atoms with Crippen molar-refractivity contribution >= 4 is 10.0 Å². The lowest BCUT2D eigenvalue weighted by Crippen LogP contribution is -2.47. The molecule has 4 rings (SSSR count). The van der Waals surface area contributed by atoms with E-state index in [9.17, 15) is 8.42 Å². The first kappa shape index (κ1) is 13.7. The smallest absolute Gasteiger partial charge is 0.257 e. The lowest BCUT2D eigenvalue weighted by Gasteiger charge is -2.36. The first-order valence-corrected chi connectivity index (χ1v) is 9.27. The molecule has 6 nitrogen and oxygen atoms in total. The van der Waals surface area contributed by atoms with Gasteiger partial charge in [-0.2, -0.15) is 5.10 Å². The average Bonchev–Trinajstić information content (AvgIpc) is 2.81. The Morgan fingerprint density at radius 3 is 2.67 bits per heavy atom. The summed E-state index contributed by atoms with van der Waals surface area (Å²) in [6.07, 6.45) is 7.98. The molecule has 3 aliphatic rings. The summed E-state index contributed by atoms with van der Waals surface area (Å²) in [5, 5.41) is 4.49. The Kier molecular flexibility index (Phi) is 2.96. The standard InChI is InChI=1S/C14H22N4O2S/c15-12-8-14(12)6-11(7-14)17-21(19,20)13-4-5-16-18(13)9-10-2-1-3-10/h4-5,10-12,17H,1-3,6-9,15H2. The maximum Gasteiger partial charge on any atom is 0.257 e. The monoisotopic (exact) mass is 310 g/mol. The molecular weight excluding hydrogens is 288 g/mol. The highest BCUT2D eigenvalue weighted by Gasteiger charge is 2.60. The van der Waals surface area contributed by atoms with Crippen LogP contribution in [-0.2, 0) is 16.6 Å². The molecule has 1 aromatic heterocycles. The molecule has 7 heteroatoms. The Balaban J connectivity index is 1.43. The number of nitrogens with one attached hydrogen (secondary N) is 1. The quantitative estimate of drug-likeness (QED) is 0.843. The van der Waals surface area contributed by atoms with Crippen molar-refractivity contribution in [2.75, 3.05) is 0 Å². The highest BCUT2D eigenvalue weighted by molar-refractivity contribution is 7.89. The number of aromatic nitrogens is 2. The molecule has 0 radical (unpaired) electrons. The number of hydrogen-bond donors (Lipinski definition) is 2. The summed E-state index contributed by atoms with van der Waals surface area (Å²) in [6.45, 7) is 0.711. The number of nitrogens with zero attached hydrogens (tertiary/aromatic N) is 2. The van der Waals surface area contributed by atoms with Gasteiger partial charge in [-0.1, -0.05) is 6.42 Å². The van der Waals surface area contributed by atoms with Crippen LogP contribution in [0.1, 0.15) is 38.5 Å². The van der Waals surface area contributed by atoms with E-state index in [0.717, 1.165) is 19.3 Å². The van der Waals surface area contributed by atoms with Crippen LogP contribution < -0.4 is 10.5 Å². The molecule has 1 aromatic rings. The Morgan fingerprint density at radius 1 is 1.38 bits per heavy atom. The second-order valence-electron chi connectivity index (χ2n) is 7.05. The molecule has 1 unspecified atom stereocenters. The van der Waals surface area contributed by atoms with E-state index in [1.165, 1.54) is 19.3 Å². The summed E-state index contributed by atoms with van der Waals surface area (Å²) in [5.41, 5.74) is 6.14. The number of hydrogen-bond acceptors (Lipinski definition) is 4. The first-order valence-electron chi connectivity index (χ1n) is 7.78. The van der Waals surface area contributed by atoms with E-state index in [-0.39, 0.29) is 17.5 Å². The fourth-order valence-electron chi connectivity index (χ4n) is 3.74. The van der Waals surface area contributed by atoms with Crippen LogP contribution in [0.4, 0.5) is 0 Å². The van der Waals surface area contributed by atoms with Crippen molar-refractivity contribution < 1.29 is 8.42 Å². The van der Waals surface area contributed by atoms with Gasteiger partial charge in [-0.15, -0.1) is 0 Å². The van der Waals surface area contributed by atoms with Crippen molar-refractivity contribution in [3.05, 3.63) is 12.3 Å². The predicted molar refractivity (Wildman–Crippen MR) is 77.9 cm³/mol. The SMILES string of the molecule is NC1CC12CC(NS(=O)(=O)c1ccnn1CC1CCC1)C2. The van der Waals surface area contributed by atoms with Gasteiger partial charge in [0, 0.05) is 18.6 Å². The summed E-state index contributed by atoms with van der Waals surface area (Å²) < 4.78 is 29.5. The van der Waals surface area contributed by atoms with Gasteiger partial charge in [0.2, 0.25) is 0 Å². The van der Waals surface area contributed by atoms with E-state index < -0.39 is 10.0 Å². The highest BCUT2D eigenvalue weighted by atomic mass is 32.2. The molecule has 3 aliphatic carbocycles. The fourth-order valence-corrected chi connectivity index (χ4v) is 5.10. The lowest BCUT2D eigenvalue weighted by atomic mass is 9.77. The van der Waals surface area contributed by atoms with Crippen molar-refractivity contribution in [3.63, 3.8) is 0 Å². The third-order valence-corrected chi connectivity index (χ3v) is 7.03. The average molecular weight is 310 g/mol. The van der Waals surface area contributed by atoms with E-state index in [4.69, 9.17) is 5.73 Å². The number of rotatable bonds is 5. The third kappa shape index (κ3) is 2.31. The fraction of sp³-hybridized carbons (Fsp3) is 0.786. The molecule has 3 N–H and O–H groups in total. The molecule has 3 saturated carbocycles. The van der Waals surface area contributed by atoms with Crippen LogP contribution in [-0.4, -0.2) is 30.3 Å². The van der Waals surface area contributed by atoms with Crippen LogP contribution in [0, 0.1) is 11.3 Å². The molecule has 1 atom stereocenters. The van der Waals surface area contributed by atoms with Crippen LogP contribution in [0.5, 0.6) is 0 Å². The summed E-state index contributed by atoms with van der Waals surface area (Å²) in [5.74, 6) is 0.579. The van der Waals surface area contributed by atoms with Crippen LogP contribution >= 0.6 is 0 Å². The second-order valence-corrected chi connectivity index (χ2v) is 8.71. The van der Waals surface area contributed by atoms with Crippen LogP contribution in [0.25, 0.3) is 0 Å². The zero-order valence-corrected chi connectivity index (χ0v) is 12.8. The minimum atomic E-state index is -3.47. The lowest BCUT2D eigenvalue weighted by molar-refractivity contribution is 0.214. The number of sulfonamides is 1. The summed E-state index contributed by atoms with van der Waals surface area (Å²) in [7, 11) is -3.47. The molecule has 0 saturated heterocycles. The topological polar surface area (TPSA) is 90.0 Å². The van der Waals surface area contributed by atoms with Gasteiger partial charge in [0.05, 0.1) is 6.20 Å². The molecule has 0 aromatic carbocycles. The van der Waals surface area contributed by atoms with E-state index in [1.54, 1.807) is 16.9 Å². The Bertz CT molecular complexity index is 644. The first-order chi connectivity index (χ1) is 9.98. The van der Waals surface area contributed by atoms with E-state index in [1.807, 2.05) is 0 Å². The van der Waals surface area contributed by atoms with Gasteiger partial charge in [-0.05, 0) is 49.5 Å². The summed E-state index contributed by atoms with van der Waals surface area (Å²) >= 11 is 0. The Hall–Kier alpha value is -0.920. The van der Waals surface area contributed by atoms with Crippen LogP contribution in [0.3, 0.4) is 0 Å². The molecule has 3 fully saturated rings. The van der Waals surface area contributed by atoms with E-state index in [0.29, 0.717) is 17.5 Å². The Morgan fingerprint density at radius 2 is 2.10 bits per heavy atom. The molecule has 0 bridgehead atoms. The largest absolute Gasteiger partial charge is 0.327 e. The Labute approximate surface area is 125 Å². The maximum atomic E-state index is 12.5. The number of nitrogens with two attached hydrogens (primary N) is 1. The van der Waals surface area contributed by atoms with Crippen molar-refractivity contribution in [3.8, 4) is 0 Å². The maximum absolute atomic E-state index is 12.5. The van der Waals surface area contributed by atoms with Crippen LogP contribution in [0.2, 0.25) is 0 Å². The van der Waals surface area contributed by atoms with Gasteiger partial charge in [-0.3, -0.25) is 4.68 Å². The van der Waals surface area contributed by atoms with Gasteiger partial charge in [0.25, 0.3) is 10.0 Å². The molecule has 1 spiro atoms. The predicted octanol–water partition coefficient (Wildman–Crippen LogP) is 0.841. The van der Waals surface area contributed by atoms with E-state index in [2.05, 4.69) is 9.82 Å².